The molecule has 0 aliphatic carbocycles. The number of carbonyl (C=O) groups is 1. The lowest BCUT2D eigenvalue weighted by atomic mass is 9.97. The van der Waals surface area contributed by atoms with Gasteiger partial charge in [-0.1, -0.05) is 20.8 Å². The van der Waals surface area contributed by atoms with Crippen molar-refractivity contribution in [1.82, 2.24) is 4.90 Å². The van der Waals surface area contributed by atoms with E-state index in [1.165, 1.54) is 0 Å². The topological polar surface area (TPSA) is 49.8 Å². The van der Waals surface area contributed by atoms with E-state index >= 15 is 0 Å². The first-order valence-electron chi connectivity index (χ1n) is 7.20. The second-order valence-electron chi connectivity index (χ2n) is 7.03. The van der Waals surface area contributed by atoms with Gasteiger partial charge < -0.3 is 14.4 Å². The van der Waals surface area contributed by atoms with Crippen LogP contribution in [0.15, 0.2) is 0 Å². The lowest BCUT2D eigenvalue weighted by Crippen LogP contribution is -2.45. The van der Waals surface area contributed by atoms with Gasteiger partial charge in [0.25, 0.3) is 0 Å². The molecule has 0 aromatic carbocycles. The summed E-state index contributed by atoms with van der Waals surface area (Å²) in [7, 11) is -1.71. The summed E-state index contributed by atoms with van der Waals surface area (Å²) < 4.78 is 6.20. The van der Waals surface area contributed by atoms with Crippen molar-refractivity contribution in [2.75, 3.05) is 26.3 Å². The highest BCUT2D eigenvalue weighted by molar-refractivity contribution is 6.74. The number of likely N-dealkylation sites (tertiary alicyclic amines) is 1. The van der Waals surface area contributed by atoms with E-state index in [9.17, 15) is 4.79 Å². The Labute approximate surface area is 118 Å². The highest BCUT2D eigenvalue weighted by Crippen LogP contribution is 2.37. The van der Waals surface area contributed by atoms with Gasteiger partial charge in [-0.25, -0.2) is 0 Å². The third-order valence-electron chi connectivity index (χ3n) is 4.48. The predicted octanol–water partition coefficient (Wildman–Crippen LogP) is 2.24. The lowest BCUT2D eigenvalue weighted by molar-refractivity contribution is -0.136. The average Bonchev–Trinajstić information content (AvgIpc) is 2.28. The second kappa shape index (κ2) is 6.37. The number of nitrogens with zero attached hydrogens (tertiary/aromatic N) is 1. The van der Waals surface area contributed by atoms with E-state index in [4.69, 9.17) is 9.53 Å². The zero-order valence-electron chi connectivity index (χ0n) is 13.0. The first kappa shape index (κ1) is 16.7. The van der Waals surface area contributed by atoms with Crippen LogP contribution < -0.4 is 0 Å². The van der Waals surface area contributed by atoms with E-state index in [2.05, 4.69) is 33.9 Å². The van der Waals surface area contributed by atoms with Gasteiger partial charge in [-0.2, -0.15) is 0 Å². The number of aliphatic hydroxyl groups is 1. The smallest absolute Gasteiger partial charge is 0.223 e. The van der Waals surface area contributed by atoms with Crippen molar-refractivity contribution < 1.29 is 14.3 Å². The lowest BCUT2D eigenvalue weighted by Gasteiger charge is -2.38. The molecule has 1 atom stereocenters. The van der Waals surface area contributed by atoms with Crippen LogP contribution in [0.1, 0.15) is 33.6 Å². The highest BCUT2D eigenvalue weighted by atomic mass is 28.4. The Kier molecular flexibility index (Phi) is 5.59. The molecule has 4 nitrogen and oxygen atoms in total. The van der Waals surface area contributed by atoms with Crippen molar-refractivity contribution in [2.45, 2.75) is 51.7 Å². The first-order valence-corrected chi connectivity index (χ1v) is 10.1. The monoisotopic (exact) mass is 287 g/mol. The van der Waals surface area contributed by atoms with Gasteiger partial charge in [0.1, 0.15) is 0 Å². The molecule has 1 saturated heterocycles. The van der Waals surface area contributed by atoms with E-state index in [0.29, 0.717) is 25.5 Å². The van der Waals surface area contributed by atoms with Crippen LogP contribution in [-0.4, -0.2) is 50.5 Å². The summed E-state index contributed by atoms with van der Waals surface area (Å²) in [5.41, 5.74) is 0. The maximum Gasteiger partial charge on any atom is 0.223 e. The number of rotatable bonds is 5. The van der Waals surface area contributed by atoms with Crippen LogP contribution in [0.3, 0.4) is 0 Å². The second-order valence-corrected chi connectivity index (χ2v) is 11.8. The number of carbonyl (C=O) groups excluding carboxylic acids is 1. The van der Waals surface area contributed by atoms with Gasteiger partial charge in [-0.05, 0) is 30.5 Å². The van der Waals surface area contributed by atoms with E-state index < -0.39 is 8.32 Å². The van der Waals surface area contributed by atoms with Gasteiger partial charge in [-0.3, -0.25) is 4.79 Å². The molecule has 1 heterocycles. The Morgan fingerprint density at radius 1 is 1.42 bits per heavy atom. The third-order valence-corrected chi connectivity index (χ3v) is 8.98. The summed E-state index contributed by atoms with van der Waals surface area (Å²) in [6.45, 7) is 13.2. The molecule has 1 fully saturated rings. The average molecular weight is 287 g/mol. The van der Waals surface area contributed by atoms with E-state index in [1.54, 1.807) is 4.90 Å². The molecule has 0 bridgehead atoms. The fraction of sp³-hybridized carbons (Fsp3) is 0.929. The third kappa shape index (κ3) is 4.58. The number of β-amino-alcohol motifs (C(OH)–C–C–N with tert-alkyl or cyclic N) is 1. The summed E-state index contributed by atoms with van der Waals surface area (Å²) in [5.74, 6) is 0.501. The number of amides is 1. The standard InChI is InChI=1S/C14H29NO3Si/c1-14(2,3)19(4,5)18-11-12-6-7-15(8-9-16)13(17)10-12/h12,16H,6-11H2,1-5H3. The van der Waals surface area contributed by atoms with E-state index in [0.717, 1.165) is 13.0 Å². The highest BCUT2D eigenvalue weighted by Gasteiger charge is 2.38. The molecule has 19 heavy (non-hydrogen) atoms. The predicted molar refractivity (Wildman–Crippen MR) is 79.5 cm³/mol. The minimum atomic E-state index is -1.71. The van der Waals surface area contributed by atoms with Crippen molar-refractivity contribution in [3.63, 3.8) is 0 Å². The van der Waals surface area contributed by atoms with Crippen LogP contribution in [0.2, 0.25) is 18.1 Å². The summed E-state index contributed by atoms with van der Waals surface area (Å²) >= 11 is 0. The summed E-state index contributed by atoms with van der Waals surface area (Å²) in [4.78, 5) is 13.6. The molecule has 1 unspecified atom stereocenters. The van der Waals surface area contributed by atoms with Crippen LogP contribution in [0, 0.1) is 5.92 Å². The number of aliphatic hydroxyl groups excluding tert-OH is 1. The maximum absolute atomic E-state index is 11.9. The van der Waals surface area contributed by atoms with Crippen LogP contribution >= 0.6 is 0 Å². The van der Waals surface area contributed by atoms with Gasteiger partial charge in [0.15, 0.2) is 8.32 Å². The summed E-state index contributed by atoms with van der Waals surface area (Å²) in [5, 5.41) is 9.11. The molecule has 1 N–H and O–H groups in total. The van der Waals surface area contributed by atoms with Crippen molar-refractivity contribution in [3.8, 4) is 0 Å². The molecule has 0 radical (unpaired) electrons. The molecule has 1 amide bonds. The Morgan fingerprint density at radius 3 is 2.53 bits per heavy atom. The molecule has 1 aliphatic rings. The van der Waals surface area contributed by atoms with Crippen LogP contribution in [0.25, 0.3) is 0 Å². The van der Waals surface area contributed by atoms with Crippen molar-refractivity contribution >= 4 is 14.2 Å². The number of hydrogen-bond donors (Lipinski definition) is 1. The van der Waals surface area contributed by atoms with Crippen LogP contribution in [0.5, 0.6) is 0 Å². The molecular formula is C14H29NO3Si. The largest absolute Gasteiger partial charge is 0.417 e. The van der Waals surface area contributed by atoms with E-state index in [1.807, 2.05) is 0 Å². The Balaban J connectivity index is 2.43. The summed E-state index contributed by atoms with van der Waals surface area (Å²) in [6.07, 6.45) is 1.55. The molecule has 5 heteroatoms. The fourth-order valence-electron chi connectivity index (χ4n) is 1.98. The summed E-state index contributed by atoms with van der Waals surface area (Å²) in [6, 6.07) is 0. The molecule has 1 aliphatic heterocycles. The fourth-order valence-corrected chi connectivity index (χ4v) is 3.07. The molecule has 0 spiro atoms. The normalized spacial score (nSPS) is 21.9. The quantitative estimate of drug-likeness (QED) is 0.789. The van der Waals surface area contributed by atoms with Crippen molar-refractivity contribution in [2.24, 2.45) is 5.92 Å². The van der Waals surface area contributed by atoms with Crippen LogP contribution in [-0.2, 0) is 9.22 Å². The van der Waals surface area contributed by atoms with E-state index in [-0.39, 0.29) is 17.6 Å². The molecule has 112 valence electrons. The Bertz CT molecular complexity index is 312. The van der Waals surface area contributed by atoms with Gasteiger partial charge >= 0.3 is 0 Å². The molecule has 0 saturated carbocycles. The zero-order chi connectivity index (χ0) is 14.7. The Morgan fingerprint density at radius 2 is 2.05 bits per heavy atom. The molecule has 0 aromatic rings. The van der Waals surface area contributed by atoms with Gasteiger partial charge in [0.2, 0.25) is 5.91 Å². The number of piperidine rings is 1. The molecule has 0 aromatic heterocycles. The van der Waals surface area contributed by atoms with Crippen molar-refractivity contribution in [1.29, 1.82) is 0 Å². The Hall–Kier alpha value is -0.393. The van der Waals surface area contributed by atoms with Gasteiger partial charge in [-0.15, -0.1) is 0 Å². The first-order chi connectivity index (χ1) is 8.67. The zero-order valence-corrected chi connectivity index (χ0v) is 14.0. The van der Waals surface area contributed by atoms with Crippen molar-refractivity contribution in [3.05, 3.63) is 0 Å². The molecular weight excluding hydrogens is 258 g/mol. The molecule has 1 rings (SSSR count). The minimum absolute atomic E-state index is 0.0525. The maximum atomic E-state index is 11.9. The van der Waals surface area contributed by atoms with Crippen LogP contribution in [0.4, 0.5) is 0 Å². The minimum Gasteiger partial charge on any atom is -0.417 e. The number of hydrogen-bond acceptors (Lipinski definition) is 3. The SMILES string of the molecule is CC(C)(C)[Si](C)(C)OCC1CCN(CCO)C(=O)C1. The van der Waals surface area contributed by atoms with Gasteiger partial charge in [0, 0.05) is 26.1 Å². The van der Waals surface area contributed by atoms with Gasteiger partial charge in [0.05, 0.1) is 6.61 Å².